The molecule has 3 aromatic rings. The highest BCUT2D eigenvalue weighted by molar-refractivity contribution is 5.78. The third-order valence-corrected chi connectivity index (χ3v) is 5.46. The molecule has 0 saturated carbocycles. The lowest BCUT2D eigenvalue weighted by Crippen LogP contribution is -2.50. The average Bonchev–Trinajstić information content (AvgIpc) is 2.77. The van der Waals surface area contributed by atoms with E-state index in [4.69, 9.17) is 0 Å². The summed E-state index contributed by atoms with van der Waals surface area (Å²) < 4.78 is 0. The van der Waals surface area contributed by atoms with Gasteiger partial charge in [-0.1, -0.05) is 91.0 Å². The number of carbonyl (C=O) groups excluding carboxylic acids is 1. The Morgan fingerprint density at radius 1 is 0.679 bits per heavy atom. The number of rotatable bonds is 5. The first kappa shape index (κ1) is 18.5. The van der Waals surface area contributed by atoms with Gasteiger partial charge in [-0.15, -0.1) is 0 Å². The van der Waals surface area contributed by atoms with Crippen molar-refractivity contribution >= 4 is 5.91 Å². The maximum Gasteiger partial charge on any atom is 0.227 e. The van der Waals surface area contributed by atoms with E-state index in [1.807, 2.05) is 35.2 Å². The Morgan fingerprint density at radius 3 is 1.64 bits per heavy atom. The highest BCUT2D eigenvalue weighted by atomic mass is 16.2. The summed E-state index contributed by atoms with van der Waals surface area (Å²) in [6.07, 6.45) is 0.488. The maximum absolute atomic E-state index is 12.7. The average molecular weight is 370 g/mol. The van der Waals surface area contributed by atoms with Crippen LogP contribution in [0.1, 0.15) is 22.7 Å². The van der Waals surface area contributed by atoms with Gasteiger partial charge in [-0.05, 0) is 16.7 Å². The first-order valence-electron chi connectivity index (χ1n) is 9.97. The van der Waals surface area contributed by atoms with Gasteiger partial charge in [0.1, 0.15) is 0 Å². The SMILES string of the molecule is O=C(Cc1ccccc1)N1CCN(C(c2ccccc2)c2ccccc2)CC1. The summed E-state index contributed by atoms with van der Waals surface area (Å²) in [5, 5.41) is 0. The molecule has 0 N–H and O–H groups in total. The molecule has 1 aliphatic rings. The van der Waals surface area contributed by atoms with E-state index in [2.05, 4.69) is 65.6 Å². The zero-order valence-corrected chi connectivity index (χ0v) is 16.1. The zero-order valence-electron chi connectivity index (χ0n) is 16.1. The number of nitrogens with zero attached hydrogens (tertiary/aromatic N) is 2. The molecule has 28 heavy (non-hydrogen) atoms. The molecule has 3 aromatic carbocycles. The molecular weight excluding hydrogens is 344 g/mol. The largest absolute Gasteiger partial charge is 0.340 e. The molecule has 0 spiro atoms. The molecule has 0 aliphatic carbocycles. The number of carbonyl (C=O) groups is 1. The lowest BCUT2D eigenvalue weighted by atomic mass is 9.96. The minimum absolute atomic E-state index is 0.224. The van der Waals surface area contributed by atoms with E-state index in [-0.39, 0.29) is 11.9 Å². The summed E-state index contributed by atoms with van der Waals surface area (Å²) in [7, 11) is 0. The summed E-state index contributed by atoms with van der Waals surface area (Å²) in [5.74, 6) is 0.224. The molecule has 0 bridgehead atoms. The second-order valence-corrected chi connectivity index (χ2v) is 7.30. The molecule has 0 aromatic heterocycles. The molecule has 0 atom stereocenters. The van der Waals surface area contributed by atoms with Gasteiger partial charge in [0.05, 0.1) is 12.5 Å². The minimum atomic E-state index is 0.224. The van der Waals surface area contributed by atoms with Gasteiger partial charge < -0.3 is 4.90 Å². The number of hydrogen-bond acceptors (Lipinski definition) is 2. The fourth-order valence-corrected chi connectivity index (χ4v) is 4.00. The van der Waals surface area contributed by atoms with Crippen LogP contribution in [0.5, 0.6) is 0 Å². The number of benzene rings is 3. The fourth-order valence-electron chi connectivity index (χ4n) is 4.00. The standard InChI is InChI=1S/C25H26N2O/c28-24(20-21-10-4-1-5-11-21)26-16-18-27(19-17-26)25(22-12-6-2-7-13-22)23-14-8-3-9-15-23/h1-15,25H,16-20H2. The first-order chi connectivity index (χ1) is 13.8. The van der Waals surface area contributed by atoms with Gasteiger partial charge in [0, 0.05) is 26.2 Å². The predicted octanol–water partition coefficient (Wildman–Crippen LogP) is 4.16. The quantitative estimate of drug-likeness (QED) is 0.673. The van der Waals surface area contributed by atoms with Crippen molar-refractivity contribution in [3.63, 3.8) is 0 Å². The van der Waals surface area contributed by atoms with E-state index in [1.165, 1.54) is 11.1 Å². The normalized spacial score (nSPS) is 15.0. The number of piperazine rings is 1. The fraction of sp³-hybridized carbons (Fsp3) is 0.240. The molecule has 1 fully saturated rings. The molecule has 3 heteroatoms. The van der Waals surface area contributed by atoms with Crippen LogP contribution in [0.4, 0.5) is 0 Å². The molecule has 0 unspecified atom stereocenters. The molecule has 4 rings (SSSR count). The summed E-state index contributed by atoms with van der Waals surface area (Å²) >= 11 is 0. The summed E-state index contributed by atoms with van der Waals surface area (Å²) in [5.41, 5.74) is 3.69. The summed E-state index contributed by atoms with van der Waals surface area (Å²) in [6, 6.07) is 31.6. The molecule has 3 nitrogen and oxygen atoms in total. The second-order valence-electron chi connectivity index (χ2n) is 7.30. The van der Waals surface area contributed by atoms with Gasteiger partial charge >= 0.3 is 0 Å². The third kappa shape index (κ3) is 4.32. The Morgan fingerprint density at radius 2 is 1.14 bits per heavy atom. The van der Waals surface area contributed by atoms with Crippen molar-refractivity contribution in [3.05, 3.63) is 108 Å². The Hall–Kier alpha value is -2.91. The van der Waals surface area contributed by atoms with Crippen LogP contribution in [-0.4, -0.2) is 41.9 Å². The van der Waals surface area contributed by atoms with Crippen molar-refractivity contribution in [2.45, 2.75) is 12.5 Å². The zero-order chi connectivity index (χ0) is 19.2. The predicted molar refractivity (Wildman–Crippen MR) is 113 cm³/mol. The van der Waals surface area contributed by atoms with Crippen molar-refractivity contribution in [1.29, 1.82) is 0 Å². The first-order valence-corrected chi connectivity index (χ1v) is 9.97. The second kappa shape index (κ2) is 8.85. The Kier molecular flexibility index (Phi) is 5.83. The van der Waals surface area contributed by atoms with Crippen LogP contribution in [-0.2, 0) is 11.2 Å². The molecule has 1 aliphatic heterocycles. The lowest BCUT2D eigenvalue weighted by Gasteiger charge is -2.40. The van der Waals surface area contributed by atoms with E-state index in [9.17, 15) is 4.79 Å². The minimum Gasteiger partial charge on any atom is -0.340 e. The van der Waals surface area contributed by atoms with Crippen molar-refractivity contribution in [2.24, 2.45) is 0 Å². The van der Waals surface area contributed by atoms with Gasteiger partial charge in [0.15, 0.2) is 0 Å². The Labute approximate surface area is 167 Å². The van der Waals surface area contributed by atoms with Crippen LogP contribution in [0.3, 0.4) is 0 Å². The van der Waals surface area contributed by atoms with E-state index in [0.717, 1.165) is 31.7 Å². The van der Waals surface area contributed by atoms with Crippen LogP contribution in [0.2, 0.25) is 0 Å². The van der Waals surface area contributed by atoms with Crippen molar-refractivity contribution in [3.8, 4) is 0 Å². The van der Waals surface area contributed by atoms with Gasteiger partial charge in [-0.3, -0.25) is 9.69 Å². The Bertz CT molecular complexity index is 833. The third-order valence-electron chi connectivity index (χ3n) is 5.46. The smallest absolute Gasteiger partial charge is 0.227 e. The van der Waals surface area contributed by atoms with E-state index < -0.39 is 0 Å². The monoisotopic (exact) mass is 370 g/mol. The van der Waals surface area contributed by atoms with Gasteiger partial charge in [0.2, 0.25) is 5.91 Å². The molecular formula is C25H26N2O. The van der Waals surface area contributed by atoms with Crippen molar-refractivity contribution in [1.82, 2.24) is 9.80 Å². The van der Waals surface area contributed by atoms with Crippen LogP contribution < -0.4 is 0 Å². The van der Waals surface area contributed by atoms with Crippen LogP contribution in [0.25, 0.3) is 0 Å². The summed E-state index contributed by atoms with van der Waals surface area (Å²) in [4.78, 5) is 17.2. The van der Waals surface area contributed by atoms with Crippen LogP contribution in [0.15, 0.2) is 91.0 Å². The molecule has 1 saturated heterocycles. The maximum atomic E-state index is 12.7. The molecule has 0 radical (unpaired) electrons. The number of amides is 1. The van der Waals surface area contributed by atoms with E-state index in [0.29, 0.717) is 6.42 Å². The van der Waals surface area contributed by atoms with Gasteiger partial charge in [0.25, 0.3) is 0 Å². The molecule has 1 heterocycles. The van der Waals surface area contributed by atoms with Crippen LogP contribution in [0, 0.1) is 0 Å². The molecule has 142 valence electrons. The summed E-state index contributed by atoms with van der Waals surface area (Å²) in [6.45, 7) is 3.33. The van der Waals surface area contributed by atoms with Crippen LogP contribution >= 0.6 is 0 Å². The molecule has 1 amide bonds. The van der Waals surface area contributed by atoms with Gasteiger partial charge in [-0.2, -0.15) is 0 Å². The number of hydrogen-bond donors (Lipinski definition) is 0. The topological polar surface area (TPSA) is 23.6 Å². The van der Waals surface area contributed by atoms with Gasteiger partial charge in [-0.25, -0.2) is 0 Å². The van der Waals surface area contributed by atoms with Crippen molar-refractivity contribution < 1.29 is 4.79 Å². The van der Waals surface area contributed by atoms with E-state index in [1.54, 1.807) is 0 Å². The van der Waals surface area contributed by atoms with E-state index >= 15 is 0 Å². The highest BCUT2D eigenvalue weighted by Gasteiger charge is 2.27. The highest BCUT2D eigenvalue weighted by Crippen LogP contribution is 2.29. The lowest BCUT2D eigenvalue weighted by molar-refractivity contribution is -0.132. The Balaban J connectivity index is 1.45. The van der Waals surface area contributed by atoms with Crippen molar-refractivity contribution in [2.75, 3.05) is 26.2 Å².